The Bertz CT molecular complexity index is 1120. The van der Waals surface area contributed by atoms with Gasteiger partial charge in [0.25, 0.3) is 5.91 Å². The molecule has 2 aromatic carbocycles. The summed E-state index contributed by atoms with van der Waals surface area (Å²) in [5, 5.41) is 1.79. The molecule has 0 aliphatic carbocycles. The number of ether oxygens (including phenoxy) is 1. The minimum absolute atomic E-state index is 0.0344. The van der Waals surface area contributed by atoms with Crippen molar-refractivity contribution in [1.29, 1.82) is 0 Å². The van der Waals surface area contributed by atoms with Crippen molar-refractivity contribution in [3.8, 4) is 5.75 Å². The molecule has 6 heteroatoms. The van der Waals surface area contributed by atoms with Gasteiger partial charge >= 0.3 is 0 Å². The van der Waals surface area contributed by atoms with E-state index in [4.69, 9.17) is 17.0 Å². The molecule has 0 radical (unpaired) electrons. The zero-order valence-corrected chi connectivity index (χ0v) is 17.5. The molecule has 0 saturated carbocycles. The first-order chi connectivity index (χ1) is 14.0. The number of aromatic nitrogens is 1. The van der Waals surface area contributed by atoms with Gasteiger partial charge < -0.3 is 14.6 Å². The van der Waals surface area contributed by atoms with Crippen molar-refractivity contribution in [3.63, 3.8) is 0 Å². The topological polar surface area (TPSA) is 48.6 Å². The SMILES string of the molecule is COc1ccc(C2c3[nH]c4ccccc4c3CC3C(=O)N(C(C)C)C(=S)N32)cc1. The maximum atomic E-state index is 13.3. The maximum Gasteiger partial charge on any atom is 0.252 e. The number of hydrogen-bond acceptors (Lipinski definition) is 3. The summed E-state index contributed by atoms with van der Waals surface area (Å²) in [6, 6.07) is 16.0. The Hall–Kier alpha value is -2.86. The van der Waals surface area contributed by atoms with Crippen LogP contribution in [-0.4, -0.2) is 45.0 Å². The summed E-state index contributed by atoms with van der Waals surface area (Å²) in [6.07, 6.45) is 0.661. The summed E-state index contributed by atoms with van der Waals surface area (Å²) >= 11 is 5.82. The third-order valence-electron chi connectivity index (χ3n) is 6.03. The Morgan fingerprint density at radius 2 is 1.86 bits per heavy atom. The Morgan fingerprint density at radius 1 is 1.14 bits per heavy atom. The number of para-hydroxylation sites is 1. The fraction of sp³-hybridized carbons (Fsp3) is 0.304. The van der Waals surface area contributed by atoms with Crippen molar-refractivity contribution in [3.05, 3.63) is 65.4 Å². The molecule has 2 aliphatic rings. The Kier molecular flexibility index (Phi) is 4.13. The van der Waals surface area contributed by atoms with Crippen molar-refractivity contribution in [2.45, 2.75) is 38.4 Å². The number of hydrogen-bond donors (Lipinski definition) is 1. The monoisotopic (exact) mass is 405 g/mol. The number of nitrogens with one attached hydrogen (secondary N) is 1. The van der Waals surface area contributed by atoms with E-state index in [9.17, 15) is 4.79 Å². The summed E-state index contributed by atoms with van der Waals surface area (Å²) in [5.41, 5.74) is 4.51. The van der Waals surface area contributed by atoms with Crippen LogP contribution < -0.4 is 4.74 Å². The minimum Gasteiger partial charge on any atom is -0.497 e. The Balaban J connectivity index is 1.72. The molecular formula is C23H23N3O2S. The first kappa shape index (κ1) is 18.2. The summed E-state index contributed by atoms with van der Waals surface area (Å²) in [4.78, 5) is 20.8. The standard InChI is InChI=1S/C23H23N3O2S/c1-13(2)25-22(27)19-12-17-16-6-4-5-7-18(16)24-20(17)21(26(19)23(25)29)14-8-10-15(28-3)11-9-14/h4-11,13,19,21,24H,12H2,1-3H3. The molecule has 5 rings (SSSR count). The molecule has 0 bridgehead atoms. The largest absolute Gasteiger partial charge is 0.497 e. The number of thiocarbonyl (C=S) groups is 1. The van der Waals surface area contributed by atoms with Gasteiger partial charge in [0.15, 0.2) is 5.11 Å². The minimum atomic E-state index is -0.274. The fourth-order valence-electron chi connectivity index (χ4n) is 4.70. The van der Waals surface area contributed by atoms with E-state index in [0.29, 0.717) is 11.5 Å². The molecule has 3 aromatic rings. The van der Waals surface area contributed by atoms with Gasteiger partial charge in [0.05, 0.1) is 13.2 Å². The van der Waals surface area contributed by atoms with E-state index in [-0.39, 0.29) is 24.0 Å². The second kappa shape index (κ2) is 6.59. The predicted octanol–water partition coefficient (Wildman–Crippen LogP) is 4.03. The smallest absolute Gasteiger partial charge is 0.252 e. The van der Waals surface area contributed by atoms with Gasteiger partial charge in [0, 0.05) is 29.1 Å². The zero-order valence-electron chi connectivity index (χ0n) is 16.7. The van der Waals surface area contributed by atoms with Crippen LogP contribution in [0.15, 0.2) is 48.5 Å². The number of aromatic amines is 1. The van der Waals surface area contributed by atoms with E-state index in [0.717, 1.165) is 22.5 Å². The Morgan fingerprint density at radius 3 is 2.55 bits per heavy atom. The molecule has 1 amide bonds. The molecule has 1 N–H and O–H groups in total. The van der Waals surface area contributed by atoms with Gasteiger partial charge in [-0.15, -0.1) is 0 Å². The van der Waals surface area contributed by atoms with Crippen molar-refractivity contribution in [2.75, 3.05) is 7.11 Å². The molecule has 1 fully saturated rings. The lowest BCUT2D eigenvalue weighted by atomic mass is 9.89. The molecule has 1 saturated heterocycles. The number of benzene rings is 2. The first-order valence-electron chi connectivity index (χ1n) is 9.90. The number of carbonyl (C=O) groups excluding carboxylic acids is 1. The summed E-state index contributed by atoms with van der Waals surface area (Å²) in [6.45, 7) is 4.03. The number of methoxy groups -OCH3 is 1. The number of rotatable bonds is 3. The first-order valence-corrected chi connectivity index (χ1v) is 10.3. The van der Waals surface area contributed by atoms with Crippen molar-refractivity contribution in [1.82, 2.24) is 14.8 Å². The summed E-state index contributed by atoms with van der Waals surface area (Å²) < 4.78 is 5.34. The highest BCUT2D eigenvalue weighted by atomic mass is 32.1. The summed E-state index contributed by atoms with van der Waals surface area (Å²) in [7, 11) is 1.66. The molecule has 5 nitrogen and oxygen atoms in total. The molecule has 2 aliphatic heterocycles. The van der Waals surface area contributed by atoms with Crippen molar-refractivity contribution in [2.24, 2.45) is 0 Å². The van der Waals surface area contributed by atoms with Gasteiger partial charge in [-0.25, -0.2) is 0 Å². The molecule has 148 valence electrons. The van der Waals surface area contributed by atoms with E-state index in [1.165, 1.54) is 10.9 Å². The normalized spacial score (nSPS) is 21.1. The van der Waals surface area contributed by atoms with Crippen molar-refractivity contribution < 1.29 is 9.53 Å². The van der Waals surface area contributed by atoms with Gasteiger partial charge in [0.1, 0.15) is 11.8 Å². The highest BCUT2D eigenvalue weighted by molar-refractivity contribution is 7.80. The van der Waals surface area contributed by atoms with Crippen LogP contribution in [-0.2, 0) is 11.2 Å². The lowest BCUT2D eigenvalue weighted by molar-refractivity contribution is -0.129. The average Bonchev–Trinajstić information content (AvgIpc) is 3.22. The molecule has 2 unspecified atom stereocenters. The van der Waals surface area contributed by atoms with E-state index in [1.54, 1.807) is 12.0 Å². The molecule has 0 spiro atoms. The van der Waals surface area contributed by atoms with Crippen LogP contribution in [0, 0.1) is 0 Å². The second-order valence-corrected chi connectivity index (χ2v) is 8.32. The van der Waals surface area contributed by atoms with E-state index < -0.39 is 0 Å². The predicted molar refractivity (Wildman–Crippen MR) is 117 cm³/mol. The fourth-order valence-corrected chi connectivity index (χ4v) is 5.24. The van der Waals surface area contributed by atoms with Crippen LogP contribution in [0.3, 0.4) is 0 Å². The van der Waals surface area contributed by atoms with E-state index in [2.05, 4.69) is 34.1 Å². The zero-order chi connectivity index (χ0) is 20.3. The van der Waals surface area contributed by atoms with Crippen LogP contribution in [0.25, 0.3) is 10.9 Å². The lowest BCUT2D eigenvalue weighted by Gasteiger charge is -2.37. The molecular weight excluding hydrogens is 382 g/mol. The highest BCUT2D eigenvalue weighted by Gasteiger charge is 2.51. The maximum absolute atomic E-state index is 13.3. The van der Waals surface area contributed by atoms with Crippen molar-refractivity contribution >= 4 is 34.1 Å². The van der Waals surface area contributed by atoms with Gasteiger partial charge in [-0.1, -0.05) is 30.3 Å². The third kappa shape index (κ3) is 2.59. The lowest BCUT2D eigenvalue weighted by Crippen LogP contribution is -2.44. The quantitative estimate of drug-likeness (QED) is 0.669. The van der Waals surface area contributed by atoms with Crippen LogP contribution in [0.2, 0.25) is 0 Å². The van der Waals surface area contributed by atoms with Gasteiger partial charge in [-0.05, 0) is 55.4 Å². The highest BCUT2D eigenvalue weighted by Crippen LogP contribution is 2.44. The number of carbonyl (C=O) groups is 1. The molecule has 3 heterocycles. The van der Waals surface area contributed by atoms with E-state index in [1.807, 2.05) is 38.1 Å². The molecule has 2 atom stereocenters. The van der Waals surface area contributed by atoms with E-state index >= 15 is 0 Å². The molecule has 29 heavy (non-hydrogen) atoms. The Labute approximate surface area is 175 Å². The molecule has 1 aromatic heterocycles. The second-order valence-electron chi connectivity index (χ2n) is 7.95. The van der Waals surface area contributed by atoms with Gasteiger partial charge in [-0.3, -0.25) is 9.69 Å². The number of nitrogens with zero attached hydrogens (tertiary/aromatic N) is 2. The van der Waals surface area contributed by atoms with Crippen LogP contribution in [0.1, 0.15) is 36.7 Å². The number of H-pyrrole nitrogens is 1. The van der Waals surface area contributed by atoms with Crippen LogP contribution >= 0.6 is 12.2 Å². The average molecular weight is 406 g/mol. The summed E-state index contributed by atoms with van der Waals surface area (Å²) in [5.74, 6) is 0.904. The third-order valence-corrected chi connectivity index (χ3v) is 6.44. The number of amides is 1. The van der Waals surface area contributed by atoms with Gasteiger partial charge in [0.2, 0.25) is 0 Å². The van der Waals surface area contributed by atoms with Gasteiger partial charge in [-0.2, -0.15) is 0 Å². The van der Waals surface area contributed by atoms with Crippen LogP contribution in [0.4, 0.5) is 0 Å². The number of fused-ring (bicyclic) bond motifs is 4. The van der Waals surface area contributed by atoms with Crippen LogP contribution in [0.5, 0.6) is 5.75 Å².